The maximum Gasteiger partial charge on any atom is 0.235 e. The van der Waals surface area contributed by atoms with Gasteiger partial charge in [0.05, 0.1) is 30.2 Å². The normalized spacial score (nSPS) is 29.8. The van der Waals surface area contributed by atoms with E-state index in [2.05, 4.69) is 0 Å². The van der Waals surface area contributed by atoms with E-state index in [4.69, 9.17) is 19.9 Å². The van der Waals surface area contributed by atoms with Crippen LogP contribution in [0.4, 0.5) is 0 Å². The largest absolute Gasteiger partial charge is 0.507 e. The quantitative estimate of drug-likeness (QED) is 0.172. The Morgan fingerprint density at radius 1 is 1.07 bits per heavy atom. The Balaban J connectivity index is 1.77. The second-order valence-electron chi connectivity index (χ2n) is 12.4. The van der Waals surface area contributed by atoms with Gasteiger partial charge in [-0.1, -0.05) is 6.07 Å². The van der Waals surface area contributed by atoms with Crippen molar-refractivity contribution in [1.29, 1.82) is 0 Å². The standard InChI is InChI=1S/C31H42N2O11/c1-33(2)25-19-12-16-11-18-15(8-14(9-17(13-34)42-3)10-21(43-4)44-5)6-7-20(35)23(18)26(36)22(16)28(38)31(19,41)29(39)24(27(25)37)30(32)40/h6-7,14,16-17,19,21-22,24-25,34-35,41H,8-13H2,1-5H3,(H2,32,40)/t14?,16-,17?,19-,22?,24?,25-,31-/m1/s1. The van der Waals surface area contributed by atoms with Crippen LogP contribution in [0.2, 0.25) is 0 Å². The fourth-order valence-corrected chi connectivity index (χ4v) is 7.61. The van der Waals surface area contributed by atoms with Crippen molar-refractivity contribution in [2.45, 2.75) is 56.1 Å². The number of methoxy groups -OCH3 is 3. The molecule has 8 atom stereocenters. The van der Waals surface area contributed by atoms with Crippen LogP contribution < -0.4 is 5.73 Å². The van der Waals surface area contributed by atoms with E-state index < -0.39 is 76.7 Å². The number of phenolic OH excluding ortho intramolecular Hbond substituents is 1. The molecule has 0 heterocycles. The third-order valence-electron chi connectivity index (χ3n) is 9.74. The summed E-state index contributed by atoms with van der Waals surface area (Å²) in [4.78, 5) is 68.4. The molecule has 3 aliphatic rings. The number of ketones is 4. The molecular formula is C31H42N2O11. The highest BCUT2D eigenvalue weighted by Gasteiger charge is 2.69. The van der Waals surface area contributed by atoms with Gasteiger partial charge in [-0.3, -0.25) is 28.9 Å². The van der Waals surface area contributed by atoms with Crippen molar-refractivity contribution >= 4 is 29.0 Å². The van der Waals surface area contributed by atoms with Crippen molar-refractivity contribution in [3.8, 4) is 5.75 Å². The van der Waals surface area contributed by atoms with Gasteiger partial charge in [0.25, 0.3) is 0 Å². The summed E-state index contributed by atoms with van der Waals surface area (Å²) >= 11 is 0. The van der Waals surface area contributed by atoms with Crippen LogP contribution in [0.25, 0.3) is 0 Å². The number of nitrogens with zero attached hydrogens (tertiary/aromatic N) is 1. The molecule has 13 nitrogen and oxygen atoms in total. The summed E-state index contributed by atoms with van der Waals surface area (Å²) in [7, 11) is 7.61. The smallest absolute Gasteiger partial charge is 0.235 e. The predicted octanol–water partition coefficient (Wildman–Crippen LogP) is -0.568. The number of aliphatic hydroxyl groups excluding tert-OH is 1. The second-order valence-corrected chi connectivity index (χ2v) is 12.4. The first-order valence-electron chi connectivity index (χ1n) is 14.6. The molecule has 1 aromatic carbocycles. The van der Waals surface area contributed by atoms with Gasteiger partial charge in [-0.25, -0.2) is 0 Å². The van der Waals surface area contributed by atoms with Crippen LogP contribution in [-0.4, -0.2) is 115 Å². The molecule has 1 aromatic rings. The van der Waals surface area contributed by atoms with Crippen LogP contribution in [0.3, 0.4) is 0 Å². The minimum Gasteiger partial charge on any atom is -0.507 e. The third-order valence-corrected chi connectivity index (χ3v) is 9.74. The molecule has 242 valence electrons. The zero-order valence-corrected chi connectivity index (χ0v) is 25.6. The number of hydrogen-bond acceptors (Lipinski definition) is 12. The molecule has 2 saturated carbocycles. The highest BCUT2D eigenvalue weighted by molar-refractivity contribution is 6.32. The highest BCUT2D eigenvalue weighted by atomic mass is 16.7. The number of likely N-dealkylation sites (N-methyl/N-ethyl adjacent to an activating group) is 1. The Bertz CT molecular complexity index is 1310. The van der Waals surface area contributed by atoms with Gasteiger partial charge in [-0.15, -0.1) is 0 Å². The lowest BCUT2D eigenvalue weighted by Gasteiger charge is -2.52. The van der Waals surface area contributed by atoms with Crippen molar-refractivity contribution in [3.63, 3.8) is 0 Å². The zero-order valence-electron chi connectivity index (χ0n) is 25.6. The number of carbonyl (C=O) groups excluding carboxylic acids is 5. The molecule has 5 N–H and O–H groups in total. The van der Waals surface area contributed by atoms with E-state index >= 15 is 0 Å². The van der Waals surface area contributed by atoms with Crippen molar-refractivity contribution in [3.05, 3.63) is 28.8 Å². The first-order valence-corrected chi connectivity index (χ1v) is 14.6. The van der Waals surface area contributed by atoms with Gasteiger partial charge < -0.3 is 35.3 Å². The summed E-state index contributed by atoms with van der Waals surface area (Å²) < 4.78 is 16.2. The van der Waals surface area contributed by atoms with E-state index in [1.54, 1.807) is 6.07 Å². The Kier molecular flexibility index (Phi) is 10.1. The topological polar surface area (TPSA) is 203 Å². The summed E-state index contributed by atoms with van der Waals surface area (Å²) in [5, 5.41) is 32.4. The molecule has 4 rings (SSSR count). The number of carbonyl (C=O) groups is 5. The number of nitrogens with two attached hydrogens (primary N) is 1. The second kappa shape index (κ2) is 13.1. The minimum absolute atomic E-state index is 0.0336. The van der Waals surface area contributed by atoms with Gasteiger partial charge in [0.1, 0.15) is 5.75 Å². The van der Waals surface area contributed by atoms with Crippen LogP contribution in [0.5, 0.6) is 5.75 Å². The molecule has 0 radical (unpaired) electrons. The number of phenols is 1. The molecule has 0 spiro atoms. The Morgan fingerprint density at radius 3 is 2.27 bits per heavy atom. The maximum absolute atomic E-state index is 14.0. The lowest BCUT2D eigenvalue weighted by atomic mass is 9.52. The van der Waals surface area contributed by atoms with E-state index in [1.807, 2.05) is 0 Å². The zero-order chi connectivity index (χ0) is 32.7. The predicted molar refractivity (Wildman–Crippen MR) is 153 cm³/mol. The van der Waals surface area contributed by atoms with E-state index in [0.717, 1.165) is 5.56 Å². The number of hydrogen-bond donors (Lipinski definition) is 4. The van der Waals surface area contributed by atoms with Crippen molar-refractivity contribution < 1.29 is 53.5 Å². The summed E-state index contributed by atoms with van der Waals surface area (Å²) in [6.07, 6.45) is 0.395. The summed E-state index contributed by atoms with van der Waals surface area (Å²) in [5.41, 5.74) is 3.80. The molecule has 0 bridgehead atoms. The molecule has 3 aliphatic carbocycles. The first kappa shape index (κ1) is 33.8. The summed E-state index contributed by atoms with van der Waals surface area (Å²) in [5.74, 6) is -11.0. The van der Waals surface area contributed by atoms with E-state index in [9.17, 15) is 39.3 Å². The van der Waals surface area contributed by atoms with Crippen LogP contribution >= 0.6 is 0 Å². The molecule has 44 heavy (non-hydrogen) atoms. The van der Waals surface area contributed by atoms with Crippen molar-refractivity contribution in [2.75, 3.05) is 42.0 Å². The van der Waals surface area contributed by atoms with Crippen LogP contribution in [0.1, 0.15) is 40.7 Å². The molecular weight excluding hydrogens is 576 g/mol. The van der Waals surface area contributed by atoms with Crippen molar-refractivity contribution in [1.82, 2.24) is 4.90 Å². The molecule has 2 fully saturated rings. The van der Waals surface area contributed by atoms with Gasteiger partial charge in [0, 0.05) is 33.7 Å². The first-order chi connectivity index (χ1) is 20.8. The SMILES string of the molecule is COC(CO)CC(Cc1ccc(O)c2c1C[C@@H]1C[C@@H]3[C@@H](N(C)C)C(=O)C(C(N)=O)C(=O)[C@]3(O)C(=O)C1C2=O)CC(OC)OC. The molecule has 0 saturated heterocycles. The number of amides is 1. The average molecular weight is 619 g/mol. The molecule has 4 unspecified atom stereocenters. The number of ether oxygens (including phenoxy) is 3. The molecule has 0 aromatic heterocycles. The number of benzene rings is 1. The maximum atomic E-state index is 14.0. The summed E-state index contributed by atoms with van der Waals surface area (Å²) in [6, 6.07) is 1.90. The van der Waals surface area contributed by atoms with E-state index in [1.165, 1.54) is 46.4 Å². The third kappa shape index (κ3) is 5.61. The molecule has 1 amide bonds. The fourth-order valence-electron chi connectivity index (χ4n) is 7.61. The van der Waals surface area contributed by atoms with Crippen LogP contribution in [0.15, 0.2) is 12.1 Å². The number of fused-ring (bicyclic) bond motifs is 3. The lowest BCUT2D eigenvalue weighted by molar-refractivity contribution is -0.181. The lowest BCUT2D eigenvalue weighted by Crippen LogP contribution is -2.74. The Hall–Kier alpha value is -3.07. The number of aliphatic hydroxyl groups is 2. The molecule has 0 aliphatic heterocycles. The van der Waals surface area contributed by atoms with Crippen LogP contribution in [-0.2, 0) is 46.2 Å². The number of rotatable bonds is 12. The van der Waals surface area contributed by atoms with Gasteiger partial charge in [-0.2, -0.15) is 0 Å². The van der Waals surface area contributed by atoms with Gasteiger partial charge in [0.15, 0.2) is 40.9 Å². The van der Waals surface area contributed by atoms with E-state index in [-0.39, 0.29) is 36.7 Å². The fraction of sp³-hybridized carbons (Fsp3) is 0.645. The Labute approximate surface area is 255 Å². The summed E-state index contributed by atoms with van der Waals surface area (Å²) in [6.45, 7) is -0.207. The highest BCUT2D eigenvalue weighted by Crippen LogP contribution is 2.51. The average Bonchev–Trinajstić information content (AvgIpc) is 2.97. The number of Topliss-reactive ketones (excluding diaryl/α,β-unsaturated/α-hetero) is 4. The monoisotopic (exact) mass is 618 g/mol. The molecule has 13 heteroatoms. The van der Waals surface area contributed by atoms with Gasteiger partial charge in [-0.05, 0) is 68.8 Å². The van der Waals surface area contributed by atoms with E-state index in [0.29, 0.717) is 24.8 Å². The Morgan fingerprint density at radius 2 is 1.73 bits per heavy atom. The van der Waals surface area contributed by atoms with Gasteiger partial charge >= 0.3 is 0 Å². The van der Waals surface area contributed by atoms with Crippen molar-refractivity contribution in [2.24, 2.45) is 35.3 Å². The van der Waals surface area contributed by atoms with Crippen LogP contribution in [0, 0.1) is 29.6 Å². The van der Waals surface area contributed by atoms with Gasteiger partial charge in [0.2, 0.25) is 5.91 Å². The number of aromatic hydroxyl groups is 1. The number of primary amides is 1. The minimum atomic E-state index is -2.77.